The third kappa shape index (κ3) is 3.33. The Kier molecular flexibility index (Phi) is 4.97. The van der Waals surface area contributed by atoms with Crippen molar-refractivity contribution in [2.45, 2.75) is 31.9 Å². The van der Waals surface area contributed by atoms with Crippen molar-refractivity contribution >= 4 is 22.8 Å². The van der Waals surface area contributed by atoms with Crippen LogP contribution in [0, 0.1) is 5.92 Å². The van der Waals surface area contributed by atoms with Crippen molar-refractivity contribution in [2.24, 2.45) is 5.92 Å². The van der Waals surface area contributed by atoms with Gasteiger partial charge in [0.25, 0.3) is 0 Å². The van der Waals surface area contributed by atoms with Crippen molar-refractivity contribution in [1.29, 1.82) is 0 Å². The molecule has 0 aliphatic heterocycles. The quantitative estimate of drug-likeness (QED) is 0.667. The summed E-state index contributed by atoms with van der Waals surface area (Å²) in [5.74, 6) is -1.67. The molecular weight excluding hydrogens is 366 g/mol. The molecule has 148 valence electrons. The number of alkyl carbamates (subject to hydrolysis) is 1. The maximum Gasteiger partial charge on any atom is 0.408 e. The van der Waals surface area contributed by atoms with Crippen molar-refractivity contribution in [2.75, 3.05) is 0 Å². The predicted octanol–water partition coefficient (Wildman–Crippen LogP) is 4.63. The molecule has 0 spiro atoms. The Morgan fingerprint density at radius 1 is 1.07 bits per heavy atom. The molecule has 0 saturated heterocycles. The number of carboxylic acids is 1. The van der Waals surface area contributed by atoms with Gasteiger partial charge >= 0.3 is 12.1 Å². The smallest absolute Gasteiger partial charge is 0.408 e. The first-order valence-corrected chi connectivity index (χ1v) is 9.78. The van der Waals surface area contributed by atoms with E-state index in [1.807, 2.05) is 73.7 Å². The Balaban J connectivity index is 1.71. The van der Waals surface area contributed by atoms with Crippen molar-refractivity contribution < 1.29 is 19.4 Å². The topological polar surface area (TPSA) is 75.6 Å². The van der Waals surface area contributed by atoms with E-state index in [1.54, 1.807) is 0 Å². The van der Waals surface area contributed by atoms with E-state index < -0.39 is 23.5 Å². The molecule has 3 aromatic rings. The van der Waals surface area contributed by atoms with Crippen LogP contribution in [-0.2, 0) is 28.1 Å². The summed E-state index contributed by atoms with van der Waals surface area (Å²) in [5, 5.41) is 14.9. The lowest BCUT2D eigenvalue weighted by Crippen LogP contribution is -2.51. The normalized spacial score (nSPS) is 20.2. The van der Waals surface area contributed by atoms with Crippen molar-refractivity contribution in [3.8, 4) is 0 Å². The van der Waals surface area contributed by atoms with Crippen LogP contribution in [0.4, 0.5) is 4.79 Å². The standard InChI is InChI=1S/C24H23NO4/c1-2-24(25-23(28)29-15-16-8-4-3-5-9-16)20(22(26)27)14-18-13-12-17-10-6-7-11-19(17)21(18)24/h3-13,20H,2,14-15H2,1H3,(H,25,28)(H,26,27)/t20-,24+/m0/s1. The lowest BCUT2D eigenvalue weighted by molar-refractivity contribution is -0.144. The molecular formula is C24H23NO4. The van der Waals surface area contributed by atoms with Crippen LogP contribution in [-0.4, -0.2) is 17.2 Å². The van der Waals surface area contributed by atoms with Gasteiger partial charge in [0.1, 0.15) is 6.61 Å². The molecule has 5 nitrogen and oxygen atoms in total. The zero-order valence-corrected chi connectivity index (χ0v) is 16.2. The van der Waals surface area contributed by atoms with E-state index >= 15 is 0 Å². The number of carbonyl (C=O) groups is 2. The average Bonchev–Trinajstić information content (AvgIpc) is 3.08. The van der Waals surface area contributed by atoms with Crippen molar-refractivity contribution in [3.63, 3.8) is 0 Å². The molecule has 1 amide bonds. The van der Waals surface area contributed by atoms with E-state index in [1.165, 1.54) is 0 Å². The molecule has 29 heavy (non-hydrogen) atoms. The van der Waals surface area contributed by atoms with Gasteiger partial charge in [0.2, 0.25) is 0 Å². The number of aliphatic carboxylic acids is 1. The highest BCUT2D eigenvalue weighted by atomic mass is 16.5. The van der Waals surface area contributed by atoms with Crippen molar-refractivity contribution in [3.05, 3.63) is 83.4 Å². The highest BCUT2D eigenvalue weighted by Crippen LogP contribution is 2.47. The lowest BCUT2D eigenvalue weighted by Gasteiger charge is -2.35. The Labute approximate surface area is 169 Å². The third-order valence-corrected chi connectivity index (χ3v) is 5.87. The molecule has 2 atom stereocenters. The zero-order valence-electron chi connectivity index (χ0n) is 16.2. The van der Waals surface area contributed by atoms with Crippen LogP contribution >= 0.6 is 0 Å². The van der Waals surface area contributed by atoms with Crippen molar-refractivity contribution in [1.82, 2.24) is 5.32 Å². The molecule has 1 aliphatic carbocycles. The third-order valence-electron chi connectivity index (χ3n) is 5.87. The largest absolute Gasteiger partial charge is 0.481 e. The fourth-order valence-electron chi connectivity index (χ4n) is 4.48. The highest BCUT2D eigenvalue weighted by molar-refractivity contribution is 5.91. The predicted molar refractivity (Wildman–Crippen MR) is 111 cm³/mol. The molecule has 0 bridgehead atoms. The van der Waals surface area contributed by atoms with Crippen LogP contribution < -0.4 is 5.32 Å². The number of benzene rings is 3. The van der Waals surface area contributed by atoms with Crippen LogP contribution in [0.3, 0.4) is 0 Å². The van der Waals surface area contributed by atoms with E-state index in [4.69, 9.17) is 4.74 Å². The first-order valence-electron chi connectivity index (χ1n) is 9.78. The second kappa shape index (κ2) is 7.59. The molecule has 3 aromatic carbocycles. The summed E-state index contributed by atoms with van der Waals surface area (Å²) in [6, 6.07) is 21.3. The number of ether oxygens (including phenoxy) is 1. The van der Waals surface area contributed by atoms with Gasteiger partial charge in [0.15, 0.2) is 0 Å². The Morgan fingerprint density at radius 2 is 1.79 bits per heavy atom. The second-order valence-electron chi connectivity index (χ2n) is 7.43. The van der Waals surface area contributed by atoms with Crippen LogP contribution in [0.2, 0.25) is 0 Å². The Hall–Kier alpha value is -3.34. The first kappa shape index (κ1) is 19.0. The summed E-state index contributed by atoms with van der Waals surface area (Å²) in [4.78, 5) is 24.9. The van der Waals surface area contributed by atoms with Crippen LogP contribution in [0.15, 0.2) is 66.7 Å². The van der Waals surface area contributed by atoms with Gasteiger partial charge in [0.05, 0.1) is 11.5 Å². The molecule has 2 N–H and O–H groups in total. The SMILES string of the molecule is CC[C@]1(NC(=O)OCc2ccccc2)c2c(ccc3ccccc23)C[C@H]1C(=O)O. The maximum absolute atomic E-state index is 12.7. The van der Waals surface area contributed by atoms with E-state index in [0.29, 0.717) is 12.8 Å². The van der Waals surface area contributed by atoms with Gasteiger partial charge in [-0.3, -0.25) is 4.79 Å². The number of amides is 1. The van der Waals surface area contributed by atoms with E-state index in [9.17, 15) is 14.7 Å². The molecule has 5 heteroatoms. The fraction of sp³-hybridized carbons (Fsp3) is 0.250. The highest BCUT2D eigenvalue weighted by Gasteiger charge is 2.51. The summed E-state index contributed by atoms with van der Waals surface area (Å²) < 4.78 is 5.43. The molecule has 0 aromatic heterocycles. The number of carbonyl (C=O) groups excluding carboxylic acids is 1. The molecule has 0 saturated carbocycles. The molecule has 0 fully saturated rings. The molecule has 0 unspecified atom stereocenters. The zero-order chi connectivity index (χ0) is 20.4. The molecule has 1 aliphatic rings. The summed E-state index contributed by atoms with van der Waals surface area (Å²) in [5.41, 5.74) is 1.71. The molecule has 0 radical (unpaired) electrons. The number of carboxylic acid groups (broad SMARTS) is 1. The summed E-state index contributed by atoms with van der Waals surface area (Å²) in [7, 11) is 0. The number of hydrogen-bond donors (Lipinski definition) is 2. The second-order valence-corrected chi connectivity index (χ2v) is 7.43. The molecule has 4 rings (SSSR count). The van der Waals surface area contributed by atoms with E-state index in [0.717, 1.165) is 27.5 Å². The summed E-state index contributed by atoms with van der Waals surface area (Å²) in [6.07, 6.45) is 0.219. The number of hydrogen-bond acceptors (Lipinski definition) is 3. The Morgan fingerprint density at radius 3 is 2.52 bits per heavy atom. The van der Waals surface area contributed by atoms with Gasteiger partial charge in [-0.15, -0.1) is 0 Å². The van der Waals surface area contributed by atoms with Gasteiger partial charge in [-0.25, -0.2) is 4.79 Å². The minimum atomic E-state index is -1.02. The number of fused-ring (bicyclic) bond motifs is 3. The molecule has 0 heterocycles. The first-order chi connectivity index (χ1) is 14.0. The van der Waals surface area contributed by atoms with Gasteiger partial charge < -0.3 is 15.2 Å². The average molecular weight is 389 g/mol. The van der Waals surface area contributed by atoms with Gasteiger partial charge in [0, 0.05) is 0 Å². The van der Waals surface area contributed by atoms with Gasteiger partial charge in [-0.2, -0.15) is 0 Å². The van der Waals surface area contributed by atoms with Gasteiger partial charge in [-0.1, -0.05) is 73.7 Å². The fourth-order valence-corrected chi connectivity index (χ4v) is 4.48. The minimum Gasteiger partial charge on any atom is -0.481 e. The van der Waals surface area contributed by atoms with Crippen LogP contribution in [0.25, 0.3) is 10.8 Å². The van der Waals surface area contributed by atoms with Gasteiger partial charge in [-0.05, 0) is 40.3 Å². The van der Waals surface area contributed by atoms with E-state index in [-0.39, 0.29) is 6.61 Å². The van der Waals surface area contributed by atoms with Crippen LogP contribution in [0.1, 0.15) is 30.0 Å². The monoisotopic (exact) mass is 389 g/mol. The lowest BCUT2D eigenvalue weighted by atomic mass is 9.79. The van der Waals surface area contributed by atoms with E-state index in [2.05, 4.69) is 5.32 Å². The number of nitrogens with one attached hydrogen (secondary N) is 1. The van der Waals surface area contributed by atoms with Crippen LogP contribution in [0.5, 0.6) is 0 Å². The summed E-state index contributed by atoms with van der Waals surface area (Å²) >= 11 is 0. The maximum atomic E-state index is 12.7. The summed E-state index contributed by atoms with van der Waals surface area (Å²) in [6.45, 7) is 2.04. The Bertz CT molecular complexity index is 1060. The number of rotatable bonds is 5. The minimum absolute atomic E-state index is 0.132.